The van der Waals surface area contributed by atoms with Crippen LogP contribution in [-0.4, -0.2) is 24.1 Å². The van der Waals surface area contributed by atoms with Gasteiger partial charge in [-0.1, -0.05) is 24.6 Å². The van der Waals surface area contributed by atoms with Crippen molar-refractivity contribution >= 4 is 16.6 Å². The summed E-state index contributed by atoms with van der Waals surface area (Å²) in [6, 6.07) is 11.1. The van der Waals surface area contributed by atoms with Gasteiger partial charge in [0.2, 0.25) is 0 Å². The number of fused-ring (bicyclic) bond motifs is 2. The van der Waals surface area contributed by atoms with E-state index in [-0.39, 0.29) is 0 Å². The van der Waals surface area contributed by atoms with Crippen LogP contribution in [0.5, 0.6) is 0 Å². The standard InChI is InChI=1S/C18H23N3/c1-12-9-18(14-6-2-3-8-17(14)20-12)21-10-13-5-4-7-16(19)15(13)11-21/h2-3,6,8-9,13,15-16H,4-5,7,10-11,19H2,1H3. The minimum absolute atomic E-state index is 0.392. The van der Waals surface area contributed by atoms with Crippen LogP contribution in [-0.2, 0) is 0 Å². The minimum atomic E-state index is 0.392. The lowest BCUT2D eigenvalue weighted by atomic mass is 9.78. The molecule has 3 unspecified atom stereocenters. The number of pyridine rings is 1. The molecule has 2 heterocycles. The van der Waals surface area contributed by atoms with Crippen LogP contribution in [0.3, 0.4) is 0 Å². The van der Waals surface area contributed by atoms with E-state index in [1.807, 2.05) is 0 Å². The molecule has 1 aromatic heterocycles. The molecule has 2 aliphatic rings. The van der Waals surface area contributed by atoms with E-state index >= 15 is 0 Å². The van der Waals surface area contributed by atoms with E-state index in [0.717, 1.165) is 30.2 Å². The third kappa shape index (κ3) is 2.20. The molecule has 0 spiro atoms. The number of benzene rings is 1. The van der Waals surface area contributed by atoms with Crippen LogP contribution in [0.15, 0.2) is 30.3 Å². The van der Waals surface area contributed by atoms with Crippen molar-refractivity contribution in [3.8, 4) is 0 Å². The second-order valence-corrected chi connectivity index (χ2v) is 6.72. The zero-order valence-corrected chi connectivity index (χ0v) is 12.6. The van der Waals surface area contributed by atoms with Gasteiger partial charge in [-0.15, -0.1) is 0 Å². The predicted octanol–water partition coefficient (Wildman–Crippen LogP) is 3.11. The Morgan fingerprint density at radius 1 is 1.19 bits per heavy atom. The molecule has 110 valence electrons. The summed E-state index contributed by atoms with van der Waals surface area (Å²) in [5.41, 5.74) is 9.91. The molecule has 2 N–H and O–H groups in total. The highest BCUT2D eigenvalue weighted by atomic mass is 15.2. The molecule has 1 aliphatic carbocycles. The van der Waals surface area contributed by atoms with E-state index in [9.17, 15) is 0 Å². The van der Waals surface area contributed by atoms with Crippen molar-refractivity contribution in [2.75, 3.05) is 18.0 Å². The average molecular weight is 281 g/mol. The molecule has 3 atom stereocenters. The number of hydrogen-bond acceptors (Lipinski definition) is 3. The lowest BCUT2D eigenvalue weighted by Crippen LogP contribution is -2.38. The molecule has 0 radical (unpaired) electrons. The molecule has 1 saturated heterocycles. The van der Waals surface area contributed by atoms with Gasteiger partial charge in [0, 0.05) is 35.9 Å². The number of rotatable bonds is 1. The van der Waals surface area contributed by atoms with E-state index in [0.29, 0.717) is 12.0 Å². The molecule has 2 fully saturated rings. The monoisotopic (exact) mass is 281 g/mol. The van der Waals surface area contributed by atoms with Gasteiger partial charge in [0.05, 0.1) is 5.52 Å². The van der Waals surface area contributed by atoms with Crippen molar-refractivity contribution in [1.82, 2.24) is 4.98 Å². The first-order valence-electron chi connectivity index (χ1n) is 8.09. The third-order valence-corrected chi connectivity index (χ3v) is 5.32. The number of para-hydroxylation sites is 1. The molecule has 1 saturated carbocycles. The summed E-state index contributed by atoms with van der Waals surface area (Å²) in [5.74, 6) is 1.45. The Morgan fingerprint density at radius 3 is 2.90 bits per heavy atom. The van der Waals surface area contributed by atoms with Crippen LogP contribution in [0, 0.1) is 18.8 Å². The van der Waals surface area contributed by atoms with Crippen LogP contribution >= 0.6 is 0 Å². The predicted molar refractivity (Wildman–Crippen MR) is 87.5 cm³/mol. The highest BCUT2D eigenvalue weighted by Crippen LogP contribution is 2.39. The van der Waals surface area contributed by atoms with Crippen LogP contribution in [0.4, 0.5) is 5.69 Å². The summed E-state index contributed by atoms with van der Waals surface area (Å²) in [6.45, 7) is 4.36. The van der Waals surface area contributed by atoms with Crippen molar-refractivity contribution in [2.24, 2.45) is 17.6 Å². The fourth-order valence-corrected chi connectivity index (χ4v) is 4.26. The quantitative estimate of drug-likeness (QED) is 0.873. The Labute approximate surface area is 126 Å². The van der Waals surface area contributed by atoms with Gasteiger partial charge in [-0.05, 0) is 43.7 Å². The molecule has 4 rings (SSSR count). The number of hydrogen-bond donors (Lipinski definition) is 1. The van der Waals surface area contributed by atoms with Gasteiger partial charge in [0.15, 0.2) is 0 Å². The molecule has 1 aromatic carbocycles. The van der Waals surface area contributed by atoms with Gasteiger partial charge in [0.1, 0.15) is 0 Å². The molecular formula is C18H23N3. The van der Waals surface area contributed by atoms with Gasteiger partial charge in [-0.3, -0.25) is 4.98 Å². The van der Waals surface area contributed by atoms with Crippen LogP contribution in [0.2, 0.25) is 0 Å². The lowest BCUT2D eigenvalue weighted by Gasteiger charge is -2.29. The Hall–Kier alpha value is -1.61. The lowest BCUT2D eigenvalue weighted by molar-refractivity contribution is 0.260. The van der Waals surface area contributed by atoms with Crippen molar-refractivity contribution in [2.45, 2.75) is 32.2 Å². The first-order chi connectivity index (χ1) is 10.2. The maximum atomic E-state index is 6.36. The molecule has 3 heteroatoms. The number of anilines is 1. The molecule has 3 nitrogen and oxygen atoms in total. The normalized spacial score (nSPS) is 28.9. The molecule has 21 heavy (non-hydrogen) atoms. The Morgan fingerprint density at radius 2 is 2.05 bits per heavy atom. The average Bonchev–Trinajstić information content (AvgIpc) is 2.92. The SMILES string of the molecule is Cc1cc(N2CC3CCCC(N)C3C2)c2ccccc2n1. The first kappa shape index (κ1) is 13.1. The van der Waals surface area contributed by atoms with Crippen molar-refractivity contribution in [1.29, 1.82) is 0 Å². The fraction of sp³-hybridized carbons (Fsp3) is 0.500. The van der Waals surface area contributed by atoms with Crippen molar-refractivity contribution in [3.05, 3.63) is 36.0 Å². The van der Waals surface area contributed by atoms with E-state index in [4.69, 9.17) is 5.73 Å². The molecule has 0 amide bonds. The van der Waals surface area contributed by atoms with Gasteiger partial charge in [0.25, 0.3) is 0 Å². The van der Waals surface area contributed by atoms with Crippen LogP contribution < -0.4 is 10.6 Å². The Balaban J connectivity index is 1.74. The van der Waals surface area contributed by atoms with E-state index in [1.54, 1.807) is 0 Å². The maximum Gasteiger partial charge on any atom is 0.0726 e. The van der Waals surface area contributed by atoms with Crippen molar-refractivity contribution < 1.29 is 0 Å². The third-order valence-electron chi connectivity index (χ3n) is 5.32. The van der Waals surface area contributed by atoms with Gasteiger partial charge in [-0.25, -0.2) is 0 Å². The summed E-state index contributed by atoms with van der Waals surface area (Å²) in [6.07, 6.45) is 3.84. The van der Waals surface area contributed by atoms with E-state index in [2.05, 4.69) is 47.1 Å². The minimum Gasteiger partial charge on any atom is -0.370 e. The zero-order chi connectivity index (χ0) is 14.4. The smallest absolute Gasteiger partial charge is 0.0726 e. The highest BCUT2D eigenvalue weighted by Gasteiger charge is 2.39. The largest absolute Gasteiger partial charge is 0.370 e. The molecular weight excluding hydrogens is 258 g/mol. The second-order valence-electron chi connectivity index (χ2n) is 6.72. The Kier molecular flexibility index (Phi) is 3.11. The summed E-state index contributed by atoms with van der Waals surface area (Å²) < 4.78 is 0. The Bertz CT molecular complexity index is 667. The van der Waals surface area contributed by atoms with E-state index < -0.39 is 0 Å². The topological polar surface area (TPSA) is 42.1 Å². The summed E-state index contributed by atoms with van der Waals surface area (Å²) >= 11 is 0. The first-order valence-corrected chi connectivity index (χ1v) is 8.09. The number of nitrogens with two attached hydrogens (primary N) is 1. The van der Waals surface area contributed by atoms with Crippen LogP contribution in [0.25, 0.3) is 10.9 Å². The summed E-state index contributed by atoms with van der Waals surface area (Å²) in [4.78, 5) is 7.22. The van der Waals surface area contributed by atoms with Gasteiger partial charge < -0.3 is 10.6 Å². The zero-order valence-electron chi connectivity index (χ0n) is 12.6. The maximum absolute atomic E-state index is 6.36. The second kappa shape index (κ2) is 4.99. The van der Waals surface area contributed by atoms with Gasteiger partial charge in [-0.2, -0.15) is 0 Å². The number of aromatic nitrogens is 1. The molecule has 1 aliphatic heterocycles. The molecule has 2 aromatic rings. The van der Waals surface area contributed by atoms with Crippen LogP contribution in [0.1, 0.15) is 25.0 Å². The summed E-state index contributed by atoms with van der Waals surface area (Å²) in [7, 11) is 0. The van der Waals surface area contributed by atoms with E-state index in [1.165, 1.54) is 30.3 Å². The van der Waals surface area contributed by atoms with Gasteiger partial charge >= 0.3 is 0 Å². The molecule has 0 bridgehead atoms. The highest BCUT2D eigenvalue weighted by molar-refractivity contribution is 5.92. The fourth-order valence-electron chi connectivity index (χ4n) is 4.26. The number of aryl methyl sites for hydroxylation is 1. The van der Waals surface area contributed by atoms with Crippen molar-refractivity contribution in [3.63, 3.8) is 0 Å². The number of nitrogens with zero attached hydrogens (tertiary/aromatic N) is 2. The summed E-state index contributed by atoms with van der Waals surface area (Å²) in [5, 5.41) is 1.27.